The Labute approximate surface area is 155 Å². The van der Waals surface area contributed by atoms with Crippen molar-refractivity contribution in [2.24, 2.45) is 4.99 Å². The molecule has 0 aliphatic rings. The molecule has 0 radical (unpaired) electrons. The number of aryl methyl sites for hydroxylation is 4. The molecular weight excluding hydrogens is 330 g/mol. The number of hydrogen-bond acceptors (Lipinski definition) is 5. The Kier molecular flexibility index (Phi) is 7.62. The van der Waals surface area contributed by atoms with E-state index in [-0.39, 0.29) is 0 Å². The van der Waals surface area contributed by atoms with Gasteiger partial charge in [0.2, 0.25) is 5.89 Å². The lowest BCUT2D eigenvalue weighted by molar-refractivity contribution is 0.368. The van der Waals surface area contributed by atoms with Gasteiger partial charge in [-0.1, -0.05) is 19.0 Å². The van der Waals surface area contributed by atoms with Crippen LogP contribution in [0, 0.1) is 13.8 Å². The van der Waals surface area contributed by atoms with Gasteiger partial charge in [-0.2, -0.15) is 10.1 Å². The van der Waals surface area contributed by atoms with Crippen molar-refractivity contribution in [2.75, 3.05) is 20.1 Å². The molecule has 2 N–H and O–H groups in total. The summed E-state index contributed by atoms with van der Waals surface area (Å²) in [6, 6.07) is 2.10. The molecule has 144 valence electrons. The second kappa shape index (κ2) is 9.94. The molecule has 0 aromatic carbocycles. The van der Waals surface area contributed by atoms with E-state index in [0.29, 0.717) is 11.8 Å². The van der Waals surface area contributed by atoms with Crippen LogP contribution in [-0.4, -0.2) is 46.0 Å². The highest BCUT2D eigenvalue weighted by Crippen LogP contribution is 2.10. The molecule has 2 aromatic heterocycles. The van der Waals surface area contributed by atoms with Gasteiger partial charge in [0.25, 0.3) is 0 Å². The van der Waals surface area contributed by atoms with Gasteiger partial charge in [0.15, 0.2) is 11.8 Å². The van der Waals surface area contributed by atoms with Crippen LogP contribution in [0.2, 0.25) is 0 Å². The van der Waals surface area contributed by atoms with E-state index in [0.717, 1.165) is 56.4 Å². The lowest BCUT2D eigenvalue weighted by Gasteiger charge is -2.11. The summed E-state index contributed by atoms with van der Waals surface area (Å²) in [5, 5.41) is 15.1. The van der Waals surface area contributed by atoms with Crippen molar-refractivity contribution >= 4 is 5.96 Å². The Morgan fingerprint density at radius 3 is 2.54 bits per heavy atom. The molecule has 0 saturated carbocycles. The molecule has 0 atom stereocenters. The van der Waals surface area contributed by atoms with Gasteiger partial charge in [-0.05, 0) is 32.8 Å². The van der Waals surface area contributed by atoms with E-state index in [4.69, 9.17) is 4.52 Å². The average Bonchev–Trinajstić information content (AvgIpc) is 3.20. The SMILES string of the molecule is CN=C(NCCCc1nc(C(C)C)no1)NCCCn1nc(C)cc1C. The average molecular weight is 361 g/mol. The first-order valence-electron chi connectivity index (χ1n) is 9.27. The first-order chi connectivity index (χ1) is 12.5. The van der Waals surface area contributed by atoms with Gasteiger partial charge in [0.1, 0.15) is 0 Å². The lowest BCUT2D eigenvalue weighted by Crippen LogP contribution is -2.38. The molecule has 2 heterocycles. The van der Waals surface area contributed by atoms with Gasteiger partial charge in [-0.15, -0.1) is 0 Å². The molecule has 26 heavy (non-hydrogen) atoms. The molecular formula is C18H31N7O. The predicted octanol–water partition coefficient (Wildman–Crippen LogP) is 2.19. The van der Waals surface area contributed by atoms with E-state index < -0.39 is 0 Å². The van der Waals surface area contributed by atoms with Crippen LogP contribution in [0.5, 0.6) is 0 Å². The van der Waals surface area contributed by atoms with Crippen molar-refractivity contribution in [1.82, 2.24) is 30.6 Å². The highest BCUT2D eigenvalue weighted by molar-refractivity contribution is 5.79. The number of guanidine groups is 1. The molecule has 0 spiro atoms. The van der Waals surface area contributed by atoms with E-state index in [1.54, 1.807) is 7.05 Å². The van der Waals surface area contributed by atoms with E-state index >= 15 is 0 Å². The molecule has 8 nitrogen and oxygen atoms in total. The summed E-state index contributed by atoms with van der Waals surface area (Å²) < 4.78 is 7.29. The van der Waals surface area contributed by atoms with Crippen LogP contribution in [0.25, 0.3) is 0 Å². The number of aliphatic imine (C=N–C) groups is 1. The quantitative estimate of drug-likeness (QED) is 0.404. The standard InChI is InChI=1S/C18H31N7O/c1-13(2)17-22-16(26-24-17)8-6-9-20-18(19-5)21-10-7-11-25-15(4)12-14(3)23-25/h12-13H,6-11H2,1-5H3,(H2,19,20,21). The van der Waals surface area contributed by atoms with Crippen LogP contribution in [0.3, 0.4) is 0 Å². The van der Waals surface area contributed by atoms with E-state index in [1.165, 1.54) is 5.69 Å². The fraction of sp³-hybridized carbons (Fsp3) is 0.667. The smallest absolute Gasteiger partial charge is 0.226 e. The lowest BCUT2D eigenvalue weighted by atomic mass is 10.2. The summed E-state index contributed by atoms with van der Waals surface area (Å²) in [6.07, 6.45) is 2.66. The molecule has 0 fully saturated rings. The van der Waals surface area contributed by atoms with Crippen LogP contribution in [-0.2, 0) is 13.0 Å². The maximum atomic E-state index is 5.25. The Hall–Kier alpha value is -2.38. The van der Waals surface area contributed by atoms with Crippen LogP contribution in [0.4, 0.5) is 0 Å². The van der Waals surface area contributed by atoms with Crippen molar-refractivity contribution in [3.8, 4) is 0 Å². The third-order valence-corrected chi connectivity index (χ3v) is 4.03. The third-order valence-electron chi connectivity index (χ3n) is 4.03. The Balaban J connectivity index is 1.60. The molecule has 0 saturated heterocycles. The fourth-order valence-electron chi connectivity index (χ4n) is 2.61. The summed E-state index contributed by atoms with van der Waals surface area (Å²) in [6.45, 7) is 10.8. The molecule has 2 aromatic rings. The summed E-state index contributed by atoms with van der Waals surface area (Å²) in [7, 11) is 1.78. The predicted molar refractivity (Wildman–Crippen MR) is 102 cm³/mol. The van der Waals surface area contributed by atoms with Gasteiger partial charge in [-0.3, -0.25) is 9.67 Å². The molecule has 0 amide bonds. The number of rotatable bonds is 9. The van der Waals surface area contributed by atoms with Crippen molar-refractivity contribution in [2.45, 2.75) is 59.4 Å². The first-order valence-corrected chi connectivity index (χ1v) is 9.27. The zero-order valence-corrected chi connectivity index (χ0v) is 16.5. The fourth-order valence-corrected chi connectivity index (χ4v) is 2.61. The number of nitrogens with one attached hydrogen (secondary N) is 2. The Bertz CT molecular complexity index is 702. The van der Waals surface area contributed by atoms with Crippen molar-refractivity contribution < 1.29 is 4.52 Å². The summed E-state index contributed by atoms with van der Waals surface area (Å²) in [5.41, 5.74) is 2.27. The van der Waals surface area contributed by atoms with Crippen LogP contribution < -0.4 is 10.6 Å². The number of nitrogens with zero attached hydrogens (tertiary/aromatic N) is 5. The molecule has 0 aliphatic carbocycles. The summed E-state index contributed by atoms with van der Waals surface area (Å²) >= 11 is 0. The number of aromatic nitrogens is 4. The summed E-state index contributed by atoms with van der Waals surface area (Å²) in [4.78, 5) is 8.63. The van der Waals surface area contributed by atoms with Gasteiger partial charge in [0.05, 0.1) is 5.69 Å². The van der Waals surface area contributed by atoms with Crippen molar-refractivity contribution in [1.29, 1.82) is 0 Å². The summed E-state index contributed by atoms with van der Waals surface area (Å²) in [5.74, 6) is 2.58. The van der Waals surface area contributed by atoms with Gasteiger partial charge >= 0.3 is 0 Å². The minimum absolute atomic E-state index is 0.295. The van der Waals surface area contributed by atoms with E-state index in [2.05, 4.69) is 57.7 Å². The van der Waals surface area contributed by atoms with E-state index in [1.807, 2.05) is 11.6 Å². The highest BCUT2D eigenvalue weighted by atomic mass is 16.5. The zero-order chi connectivity index (χ0) is 18.9. The van der Waals surface area contributed by atoms with Gasteiger partial charge in [-0.25, -0.2) is 0 Å². The second-order valence-corrected chi connectivity index (χ2v) is 6.73. The molecule has 0 aliphatic heterocycles. The third kappa shape index (κ3) is 6.16. The Morgan fingerprint density at radius 1 is 1.23 bits per heavy atom. The minimum Gasteiger partial charge on any atom is -0.356 e. The van der Waals surface area contributed by atoms with Crippen LogP contribution >= 0.6 is 0 Å². The minimum atomic E-state index is 0.295. The normalized spacial score (nSPS) is 12.0. The maximum absolute atomic E-state index is 5.25. The van der Waals surface area contributed by atoms with Crippen LogP contribution in [0.15, 0.2) is 15.6 Å². The van der Waals surface area contributed by atoms with Gasteiger partial charge < -0.3 is 15.2 Å². The van der Waals surface area contributed by atoms with Crippen molar-refractivity contribution in [3.05, 3.63) is 29.2 Å². The first kappa shape index (κ1) is 19.9. The largest absolute Gasteiger partial charge is 0.356 e. The molecule has 2 rings (SSSR count). The Morgan fingerprint density at radius 2 is 1.96 bits per heavy atom. The topological polar surface area (TPSA) is 93.2 Å². The van der Waals surface area contributed by atoms with Crippen LogP contribution in [0.1, 0.15) is 55.7 Å². The van der Waals surface area contributed by atoms with Gasteiger partial charge in [0, 0.05) is 44.7 Å². The molecule has 8 heteroatoms. The monoisotopic (exact) mass is 361 g/mol. The maximum Gasteiger partial charge on any atom is 0.226 e. The molecule has 0 unspecified atom stereocenters. The van der Waals surface area contributed by atoms with Crippen molar-refractivity contribution in [3.63, 3.8) is 0 Å². The second-order valence-electron chi connectivity index (χ2n) is 6.73. The highest BCUT2D eigenvalue weighted by Gasteiger charge is 2.09. The van der Waals surface area contributed by atoms with E-state index in [9.17, 15) is 0 Å². The zero-order valence-electron chi connectivity index (χ0n) is 16.5. The molecule has 0 bridgehead atoms. The number of hydrogen-bond donors (Lipinski definition) is 2.